The van der Waals surface area contributed by atoms with Crippen LogP contribution in [0.4, 0.5) is 19.0 Å². The average Bonchev–Trinajstić information content (AvgIpc) is 3.26. The number of benzene rings is 1. The maximum Gasteiger partial charge on any atom is 0.419 e. The lowest BCUT2D eigenvalue weighted by Gasteiger charge is -2.19. The molecule has 32 heavy (non-hydrogen) atoms. The van der Waals surface area contributed by atoms with Crippen molar-refractivity contribution in [2.75, 3.05) is 18.5 Å². The second-order valence-electron chi connectivity index (χ2n) is 8.68. The highest BCUT2D eigenvalue weighted by Gasteiger charge is 2.35. The number of carbonyl (C=O) groups is 1. The number of anilines is 1. The molecular weight excluding hydrogens is 421 g/mol. The van der Waals surface area contributed by atoms with Crippen LogP contribution in [0.2, 0.25) is 0 Å². The van der Waals surface area contributed by atoms with Gasteiger partial charge in [-0.25, -0.2) is 4.98 Å². The number of amides is 1. The van der Waals surface area contributed by atoms with E-state index in [0.29, 0.717) is 30.1 Å². The number of hydrogen-bond acceptors (Lipinski definition) is 4. The Morgan fingerprint density at radius 3 is 2.62 bits per heavy atom. The topological polar surface area (TPSA) is 60.5 Å². The number of nitrogens with zero attached hydrogens (tertiary/aromatic N) is 1. The van der Waals surface area contributed by atoms with Gasteiger partial charge in [-0.3, -0.25) is 4.79 Å². The minimum Gasteiger partial charge on any atom is -0.493 e. The number of nitrogens with one attached hydrogen (secondary N) is 1. The van der Waals surface area contributed by atoms with Crippen LogP contribution in [-0.2, 0) is 15.7 Å². The molecule has 5 nitrogen and oxygen atoms in total. The molecule has 3 rings (SSSR count). The number of halogens is 3. The van der Waals surface area contributed by atoms with Crippen LogP contribution in [0.5, 0.6) is 5.75 Å². The summed E-state index contributed by atoms with van der Waals surface area (Å²) in [5, 5.41) is 2.68. The lowest BCUT2D eigenvalue weighted by Crippen LogP contribution is -2.27. The van der Waals surface area contributed by atoms with Crippen molar-refractivity contribution in [1.82, 2.24) is 4.98 Å². The Balaban J connectivity index is 1.79. The number of alkyl halides is 3. The number of hydrogen-bond donors (Lipinski definition) is 1. The minimum absolute atomic E-state index is 0.144. The summed E-state index contributed by atoms with van der Waals surface area (Å²) in [6.45, 7) is 6.86. The number of pyridine rings is 1. The Hall–Kier alpha value is -2.61. The quantitative estimate of drug-likeness (QED) is 0.540. The van der Waals surface area contributed by atoms with E-state index < -0.39 is 17.8 Å². The van der Waals surface area contributed by atoms with Gasteiger partial charge in [0, 0.05) is 12.8 Å². The summed E-state index contributed by atoms with van der Waals surface area (Å²) in [4.78, 5) is 16.3. The first kappa shape index (κ1) is 24.0. The SMILES string of the molecule is CC(C)CC(C)COc1ccc(-c2ccnc(NC(=O)C3CCCO3)c2)cc1C(F)(F)F. The zero-order valence-electron chi connectivity index (χ0n) is 18.5. The molecule has 0 saturated carbocycles. The van der Waals surface area contributed by atoms with E-state index in [0.717, 1.165) is 18.9 Å². The van der Waals surface area contributed by atoms with Crippen LogP contribution >= 0.6 is 0 Å². The Morgan fingerprint density at radius 1 is 1.22 bits per heavy atom. The van der Waals surface area contributed by atoms with Crippen LogP contribution in [0, 0.1) is 11.8 Å². The monoisotopic (exact) mass is 450 g/mol. The van der Waals surface area contributed by atoms with Crippen LogP contribution in [0.3, 0.4) is 0 Å². The molecule has 0 radical (unpaired) electrons. The lowest BCUT2D eigenvalue weighted by molar-refractivity contribution is -0.139. The predicted molar refractivity (Wildman–Crippen MR) is 116 cm³/mol. The van der Waals surface area contributed by atoms with Crippen LogP contribution < -0.4 is 10.1 Å². The van der Waals surface area contributed by atoms with Gasteiger partial charge in [-0.15, -0.1) is 0 Å². The molecule has 1 N–H and O–H groups in total. The van der Waals surface area contributed by atoms with Crippen molar-refractivity contribution in [1.29, 1.82) is 0 Å². The summed E-state index contributed by atoms with van der Waals surface area (Å²) < 4.78 is 52.1. The zero-order valence-corrected chi connectivity index (χ0v) is 18.5. The first-order chi connectivity index (χ1) is 15.1. The van der Waals surface area contributed by atoms with Gasteiger partial charge < -0.3 is 14.8 Å². The van der Waals surface area contributed by atoms with Gasteiger partial charge in [0.1, 0.15) is 17.7 Å². The number of ether oxygens (including phenoxy) is 2. The summed E-state index contributed by atoms with van der Waals surface area (Å²) in [5.74, 6) is 0.366. The molecule has 1 fully saturated rings. The van der Waals surface area contributed by atoms with E-state index in [2.05, 4.69) is 24.1 Å². The summed E-state index contributed by atoms with van der Waals surface area (Å²) in [6.07, 6.45) is -1.31. The number of rotatable bonds is 8. The molecule has 1 aromatic heterocycles. The fourth-order valence-electron chi connectivity index (χ4n) is 3.83. The van der Waals surface area contributed by atoms with E-state index in [4.69, 9.17) is 9.47 Å². The van der Waals surface area contributed by atoms with E-state index >= 15 is 0 Å². The third-order valence-corrected chi connectivity index (χ3v) is 5.25. The molecular formula is C24H29F3N2O3. The molecule has 1 aliphatic heterocycles. The molecule has 0 spiro atoms. The minimum atomic E-state index is -4.56. The van der Waals surface area contributed by atoms with Crippen molar-refractivity contribution in [3.63, 3.8) is 0 Å². The molecule has 8 heteroatoms. The maximum absolute atomic E-state index is 13.7. The van der Waals surface area contributed by atoms with E-state index in [1.165, 1.54) is 12.3 Å². The fourth-order valence-corrected chi connectivity index (χ4v) is 3.83. The summed E-state index contributed by atoms with van der Waals surface area (Å²) in [7, 11) is 0. The molecule has 2 aromatic rings. The number of aromatic nitrogens is 1. The standard InChI is InChI=1S/C24H29F3N2O3/c1-15(2)11-16(3)14-32-20-7-6-17(12-19(20)24(25,26)27)18-8-9-28-22(13-18)29-23(30)21-5-4-10-31-21/h6-9,12-13,15-16,21H,4-5,10-11,14H2,1-3H3,(H,28,29,30). The van der Waals surface area contributed by atoms with Crippen molar-refractivity contribution in [2.45, 2.75) is 52.3 Å². The Bertz CT molecular complexity index is 925. The molecule has 2 atom stereocenters. The third-order valence-electron chi connectivity index (χ3n) is 5.25. The van der Waals surface area contributed by atoms with Gasteiger partial charge in [-0.2, -0.15) is 13.2 Å². The highest BCUT2D eigenvalue weighted by atomic mass is 19.4. The van der Waals surface area contributed by atoms with Gasteiger partial charge in [-0.05, 0) is 66.5 Å². The van der Waals surface area contributed by atoms with Crippen molar-refractivity contribution < 1.29 is 27.4 Å². The van der Waals surface area contributed by atoms with Crippen LogP contribution in [-0.4, -0.2) is 30.2 Å². The van der Waals surface area contributed by atoms with Gasteiger partial charge in [0.2, 0.25) is 0 Å². The van der Waals surface area contributed by atoms with Crippen molar-refractivity contribution in [3.8, 4) is 16.9 Å². The Labute approximate surface area is 186 Å². The van der Waals surface area contributed by atoms with Gasteiger partial charge in [-0.1, -0.05) is 26.8 Å². The van der Waals surface area contributed by atoms with E-state index in [-0.39, 0.29) is 30.0 Å². The molecule has 1 amide bonds. The van der Waals surface area contributed by atoms with E-state index in [1.807, 2.05) is 6.92 Å². The molecule has 2 unspecified atom stereocenters. The molecule has 1 saturated heterocycles. The highest BCUT2D eigenvalue weighted by molar-refractivity contribution is 5.94. The van der Waals surface area contributed by atoms with Crippen LogP contribution in [0.1, 0.15) is 45.6 Å². The molecule has 0 aliphatic carbocycles. The summed E-state index contributed by atoms with van der Waals surface area (Å²) >= 11 is 0. The van der Waals surface area contributed by atoms with Crippen molar-refractivity contribution in [3.05, 3.63) is 42.1 Å². The fraction of sp³-hybridized carbons (Fsp3) is 0.500. The molecule has 174 valence electrons. The third kappa shape index (κ3) is 6.45. The Morgan fingerprint density at radius 2 is 1.97 bits per heavy atom. The zero-order chi connectivity index (χ0) is 23.3. The first-order valence-electron chi connectivity index (χ1n) is 10.9. The van der Waals surface area contributed by atoms with Crippen molar-refractivity contribution >= 4 is 11.7 Å². The lowest BCUT2D eigenvalue weighted by atomic mass is 9.99. The van der Waals surface area contributed by atoms with Crippen LogP contribution in [0.25, 0.3) is 11.1 Å². The normalized spacial score (nSPS) is 17.4. The highest BCUT2D eigenvalue weighted by Crippen LogP contribution is 2.39. The molecule has 0 bridgehead atoms. The molecule has 1 aromatic carbocycles. The van der Waals surface area contributed by atoms with Gasteiger partial charge in [0.15, 0.2) is 0 Å². The molecule has 1 aliphatic rings. The Kier molecular flexibility index (Phi) is 7.77. The second kappa shape index (κ2) is 10.3. The second-order valence-corrected chi connectivity index (χ2v) is 8.68. The molecule has 2 heterocycles. The van der Waals surface area contributed by atoms with E-state index in [1.54, 1.807) is 18.2 Å². The van der Waals surface area contributed by atoms with Crippen molar-refractivity contribution in [2.24, 2.45) is 11.8 Å². The predicted octanol–water partition coefficient (Wildman–Crippen LogP) is 5.95. The van der Waals surface area contributed by atoms with E-state index in [9.17, 15) is 18.0 Å². The largest absolute Gasteiger partial charge is 0.493 e. The van der Waals surface area contributed by atoms with Crippen LogP contribution in [0.15, 0.2) is 36.5 Å². The summed E-state index contributed by atoms with van der Waals surface area (Å²) in [6, 6.07) is 7.16. The van der Waals surface area contributed by atoms with Gasteiger partial charge in [0.25, 0.3) is 5.91 Å². The average molecular weight is 451 g/mol. The number of carbonyl (C=O) groups excluding carboxylic acids is 1. The summed E-state index contributed by atoms with van der Waals surface area (Å²) in [5.41, 5.74) is 0.0382. The van der Waals surface area contributed by atoms with Gasteiger partial charge >= 0.3 is 6.18 Å². The maximum atomic E-state index is 13.7. The smallest absolute Gasteiger partial charge is 0.419 e. The van der Waals surface area contributed by atoms with Gasteiger partial charge in [0.05, 0.1) is 12.2 Å². The first-order valence-corrected chi connectivity index (χ1v) is 10.9.